The molecule has 0 atom stereocenters. The van der Waals surface area contributed by atoms with Crippen molar-refractivity contribution in [2.45, 2.75) is 13.1 Å². The van der Waals surface area contributed by atoms with Gasteiger partial charge in [-0.25, -0.2) is 9.13 Å². The van der Waals surface area contributed by atoms with E-state index in [0.29, 0.717) is 6.54 Å². The van der Waals surface area contributed by atoms with Gasteiger partial charge in [-0.3, -0.25) is 4.79 Å². The number of benzene rings is 1. The van der Waals surface area contributed by atoms with E-state index < -0.39 is 0 Å². The van der Waals surface area contributed by atoms with E-state index >= 15 is 0 Å². The summed E-state index contributed by atoms with van der Waals surface area (Å²) < 4.78 is 8.98. The van der Waals surface area contributed by atoms with Crippen molar-refractivity contribution < 1.29 is 13.8 Å². The molecule has 1 aromatic carbocycles. The summed E-state index contributed by atoms with van der Waals surface area (Å²) in [5, 5.41) is 2.84. The van der Waals surface area contributed by atoms with Gasteiger partial charge in [-0.15, -0.1) is 0 Å². The molecule has 21 heavy (non-hydrogen) atoms. The Kier molecular flexibility index (Phi) is 3.55. The summed E-state index contributed by atoms with van der Waals surface area (Å²) in [5.74, 6) is 0.672. The molecule has 0 bridgehead atoms. The van der Waals surface area contributed by atoms with Crippen molar-refractivity contribution in [3.05, 3.63) is 61.3 Å². The smallest absolute Gasteiger partial charge is 0.262 e. The lowest BCUT2D eigenvalue weighted by atomic mass is 10.3. The Balaban J connectivity index is 1.75. The van der Waals surface area contributed by atoms with Crippen LogP contribution >= 0.6 is 0 Å². The summed E-state index contributed by atoms with van der Waals surface area (Å²) in [6.45, 7) is 4.43. The minimum absolute atomic E-state index is 0.0663. The van der Waals surface area contributed by atoms with Gasteiger partial charge >= 0.3 is 0 Å². The van der Waals surface area contributed by atoms with Gasteiger partial charge in [-0.2, -0.15) is 0 Å². The number of para-hydroxylation sites is 2. The number of rotatable bonds is 5. The first-order valence-corrected chi connectivity index (χ1v) is 6.68. The number of fused-ring (bicyclic) bond motifs is 1. The highest BCUT2D eigenvalue weighted by molar-refractivity contribution is 5.77. The zero-order valence-electron chi connectivity index (χ0n) is 11.5. The number of imidazole rings is 1. The Hall–Kier alpha value is -2.82. The third-order valence-electron chi connectivity index (χ3n) is 3.28. The fourth-order valence-electron chi connectivity index (χ4n) is 2.28. The molecule has 0 unspecified atom stereocenters. The number of hydrogen-bond donors (Lipinski definition) is 1. The van der Waals surface area contributed by atoms with Gasteiger partial charge in [0, 0.05) is 0 Å². The van der Waals surface area contributed by atoms with E-state index in [2.05, 4.69) is 11.9 Å². The molecular formula is C16H16N3O2+. The van der Waals surface area contributed by atoms with E-state index in [9.17, 15) is 4.79 Å². The number of carbonyl (C=O) groups is 1. The fourth-order valence-corrected chi connectivity index (χ4v) is 2.28. The largest absolute Gasteiger partial charge is 0.467 e. The first-order chi connectivity index (χ1) is 10.3. The number of hydrogen-bond acceptors (Lipinski definition) is 2. The fraction of sp³-hybridized carbons (Fsp3) is 0.125. The van der Waals surface area contributed by atoms with Gasteiger partial charge in [0.15, 0.2) is 17.6 Å². The van der Waals surface area contributed by atoms with Crippen LogP contribution in [0.15, 0.2) is 60.0 Å². The minimum atomic E-state index is -0.0663. The van der Waals surface area contributed by atoms with Crippen LogP contribution in [0, 0.1) is 0 Å². The molecule has 5 nitrogen and oxygen atoms in total. The second kappa shape index (κ2) is 5.66. The van der Waals surface area contributed by atoms with E-state index in [-0.39, 0.29) is 12.5 Å². The maximum absolute atomic E-state index is 12.0. The Labute approximate surface area is 122 Å². The molecule has 0 saturated carbocycles. The van der Waals surface area contributed by atoms with Crippen molar-refractivity contribution in [1.82, 2.24) is 9.88 Å². The van der Waals surface area contributed by atoms with Crippen LogP contribution in [0.2, 0.25) is 0 Å². The van der Waals surface area contributed by atoms with Crippen molar-refractivity contribution in [1.29, 1.82) is 0 Å². The van der Waals surface area contributed by atoms with Gasteiger partial charge in [0.05, 0.1) is 19.0 Å². The normalized spacial score (nSPS) is 10.7. The first kappa shape index (κ1) is 13.2. The van der Waals surface area contributed by atoms with Crippen LogP contribution < -0.4 is 9.88 Å². The van der Waals surface area contributed by atoms with E-state index in [1.165, 1.54) is 0 Å². The van der Waals surface area contributed by atoms with Gasteiger partial charge in [0.1, 0.15) is 5.76 Å². The SMILES string of the molecule is C=Cn1c[n+](CC(=O)NCc2ccco2)c2ccccc21. The zero-order chi connectivity index (χ0) is 14.7. The first-order valence-electron chi connectivity index (χ1n) is 6.68. The monoisotopic (exact) mass is 282 g/mol. The molecule has 0 aliphatic rings. The maximum Gasteiger partial charge on any atom is 0.262 e. The highest BCUT2D eigenvalue weighted by Gasteiger charge is 2.16. The Morgan fingerprint density at radius 1 is 1.33 bits per heavy atom. The van der Waals surface area contributed by atoms with Crippen molar-refractivity contribution in [2.24, 2.45) is 0 Å². The molecule has 0 spiro atoms. The number of nitrogens with one attached hydrogen (secondary N) is 1. The van der Waals surface area contributed by atoms with Gasteiger partial charge in [-0.1, -0.05) is 18.7 Å². The predicted octanol–water partition coefficient (Wildman–Crippen LogP) is 1.94. The molecule has 5 heteroatoms. The van der Waals surface area contributed by atoms with Gasteiger partial charge in [0.25, 0.3) is 5.91 Å². The summed E-state index contributed by atoms with van der Waals surface area (Å²) in [6, 6.07) is 11.5. The quantitative estimate of drug-likeness (QED) is 0.727. The van der Waals surface area contributed by atoms with E-state index in [1.807, 2.05) is 45.8 Å². The lowest BCUT2D eigenvalue weighted by Crippen LogP contribution is -2.41. The molecule has 0 saturated heterocycles. The molecule has 3 rings (SSSR count). The lowest BCUT2D eigenvalue weighted by molar-refractivity contribution is -0.658. The number of nitrogens with zero attached hydrogens (tertiary/aromatic N) is 2. The van der Waals surface area contributed by atoms with Gasteiger partial charge in [-0.05, 0) is 24.3 Å². The molecule has 2 aromatic heterocycles. The van der Waals surface area contributed by atoms with E-state index in [0.717, 1.165) is 16.8 Å². The second-order valence-corrected chi connectivity index (χ2v) is 4.68. The molecular weight excluding hydrogens is 266 g/mol. The summed E-state index contributed by atoms with van der Waals surface area (Å²) in [4.78, 5) is 12.0. The number of furan rings is 1. The number of carbonyl (C=O) groups excluding carboxylic acids is 1. The average molecular weight is 282 g/mol. The lowest BCUT2D eigenvalue weighted by Gasteiger charge is -2.01. The highest BCUT2D eigenvalue weighted by atomic mass is 16.3. The molecule has 0 fully saturated rings. The molecule has 1 N–H and O–H groups in total. The number of aromatic nitrogens is 2. The Morgan fingerprint density at radius 2 is 2.19 bits per heavy atom. The summed E-state index contributed by atoms with van der Waals surface area (Å²) in [6.07, 6.45) is 5.18. The maximum atomic E-state index is 12.0. The molecule has 106 valence electrons. The van der Waals surface area contributed by atoms with Gasteiger partial charge < -0.3 is 9.73 Å². The highest BCUT2D eigenvalue weighted by Crippen LogP contribution is 2.10. The van der Waals surface area contributed by atoms with Crippen LogP contribution in [0.3, 0.4) is 0 Å². The van der Waals surface area contributed by atoms with Crippen LogP contribution in [0.4, 0.5) is 0 Å². The Morgan fingerprint density at radius 3 is 2.95 bits per heavy atom. The summed E-state index contributed by atoms with van der Waals surface area (Å²) in [5.41, 5.74) is 2.01. The van der Waals surface area contributed by atoms with Crippen molar-refractivity contribution in [3.63, 3.8) is 0 Å². The second-order valence-electron chi connectivity index (χ2n) is 4.68. The zero-order valence-corrected chi connectivity index (χ0v) is 11.5. The topological polar surface area (TPSA) is 51.0 Å². The van der Waals surface area contributed by atoms with E-state index in [1.54, 1.807) is 18.5 Å². The molecule has 1 amide bonds. The minimum Gasteiger partial charge on any atom is -0.467 e. The molecule has 2 heterocycles. The summed E-state index contributed by atoms with van der Waals surface area (Å²) in [7, 11) is 0. The average Bonchev–Trinajstić information content (AvgIpc) is 3.13. The third-order valence-corrected chi connectivity index (χ3v) is 3.28. The van der Waals surface area contributed by atoms with E-state index in [4.69, 9.17) is 4.42 Å². The van der Waals surface area contributed by atoms with Crippen LogP contribution in [0.25, 0.3) is 17.2 Å². The molecule has 3 aromatic rings. The van der Waals surface area contributed by atoms with Crippen molar-refractivity contribution in [2.75, 3.05) is 0 Å². The predicted molar refractivity (Wildman–Crippen MR) is 79.1 cm³/mol. The van der Waals surface area contributed by atoms with Crippen LogP contribution in [0.5, 0.6) is 0 Å². The summed E-state index contributed by atoms with van der Waals surface area (Å²) >= 11 is 0. The molecule has 0 aliphatic heterocycles. The van der Waals surface area contributed by atoms with Crippen LogP contribution in [0.1, 0.15) is 5.76 Å². The number of amides is 1. The standard InChI is InChI=1S/C16H15N3O2/c1-2-18-12-19(15-8-4-3-7-14(15)18)11-16(20)17-10-13-6-5-9-21-13/h2-9,12H,1,10-11H2/p+1. The van der Waals surface area contributed by atoms with Crippen molar-refractivity contribution >= 4 is 23.1 Å². The van der Waals surface area contributed by atoms with Gasteiger partial charge in [0.2, 0.25) is 6.33 Å². The molecule has 0 radical (unpaired) electrons. The van der Waals surface area contributed by atoms with Crippen molar-refractivity contribution in [3.8, 4) is 0 Å². The molecule has 0 aliphatic carbocycles. The van der Waals surface area contributed by atoms with Crippen LogP contribution in [-0.2, 0) is 17.9 Å². The van der Waals surface area contributed by atoms with Crippen LogP contribution in [-0.4, -0.2) is 10.5 Å². The Bertz CT molecular complexity index is 772. The third kappa shape index (κ3) is 2.72.